The lowest BCUT2D eigenvalue weighted by atomic mass is 10.2. The van der Waals surface area contributed by atoms with Crippen LogP contribution in [0.4, 0.5) is 0 Å². The van der Waals surface area contributed by atoms with Crippen LogP contribution in [0.25, 0.3) is 0 Å². The lowest BCUT2D eigenvalue weighted by Crippen LogP contribution is -2.25. The van der Waals surface area contributed by atoms with Crippen molar-refractivity contribution in [3.8, 4) is 0 Å². The summed E-state index contributed by atoms with van der Waals surface area (Å²) in [5, 5.41) is 8.46. The molecule has 0 unspecified atom stereocenters. The predicted molar refractivity (Wildman–Crippen MR) is 69.8 cm³/mol. The first kappa shape index (κ1) is 16.1. The zero-order valence-electron chi connectivity index (χ0n) is 10.8. The van der Waals surface area contributed by atoms with Crippen molar-refractivity contribution in [1.29, 1.82) is 0 Å². The Labute approximate surface area is 116 Å². The van der Waals surface area contributed by atoms with Crippen LogP contribution in [-0.2, 0) is 19.6 Å². The molecule has 0 bridgehead atoms. The van der Waals surface area contributed by atoms with Gasteiger partial charge < -0.3 is 9.84 Å². The lowest BCUT2D eigenvalue weighted by molar-refractivity contribution is -0.137. The number of methoxy groups -OCH3 is 1. The molecule has 110 valence electrons. The van der Waals surface area contributed by atoms with Crippen molar-refractivity contribution in [2.24, 2.45) is 0 Å². The Bertz CT molecular complexity index is 596. The maximum Gasteiger partial charge on any atom is 0.337 e. The number of sulfonamides is 1. The highest BCUT2D eigenvalue weighted by atomic mass is 32.2. The van der Waals surface area contributed by atoms with E-state index in [2.05, 4.69) is 9.46 Å². The molecule has 7 nitrogen and oxygen atoms in total. The Balaban J connectivity index is 2.77. The molecule has 0 aliphatic carbocycles. The van der Waals surface area contributed by atoms with Gasteiger partial charge >= 0.3 is 11.9 Å². The highest BCUT2D eigenvalue weighted by Gasteiger charge is 2.16. The van der Waals surface area contributed by atoms with Gasteiger partial charge in [0, 0.05) is 13.0 Å². The van der Waals surface area contributed by atoms with Gasteiger partial charge in [0.2, 0.25) is 10.0 Å². The van der Waals surface area contributed by atoms with Crippen molar-refractivity contribution in [2.45, 2.75) is 17.7 Å². The molecule has 1 aromatic carbocycles. The van der Waals surface area contributed by atoms with E-state index >= 15 is 0 Å². The first-order valence-electron chi connectivity index (χ1n) is 5.76. The van der Waals surface area contributed by atoms with E-state index in [0.717, 1.165) is 0 Å². The second-order valence-electron chi connectivity index (χ2n) is 3.91. The van der Waals surface area contributed by atoms with Gasteiger partial charge in [-0.05, 0) is 24.6 Å². The fraction of sp³-hybridized carbons (Fsp3) is 0.333. The maximum atomic E-state index is 11.9. The molecule has 0 fully saturated rings. The molecule has 0 saturated heterocycles. The molecule has 1 aromatic rings. The van der Waals surface area contributed by atoms with E-state index < -0.39 is 22.0 Å². The molecule has 0 aromatic heterocycles. The molecule has 1 rings (SSSR count). The van der Waals surface area contributed by atoms with Gasteiger partial charge in [0.25, 0.3) is 0 Å². The van der Waals surface area contributed by atoms with Crippen molar-refractivity contribution in [3.05, 3.63) is 29.8 Å². The van der Waals surface area contributed by atoms with E-state index in [0.29, 0.717) is 0 Å². The Morgan fingerprint density at radius 2 is 2.05 bits per heavy atom. The number of nitrogens with one attached hydrogen (secondary N) is 1. The van der Waals surface area contributed by atoms with Gasteiger partial charge in [-0.3, -0.25) is 4.79 Å². The van der Waals surface area contributed by atoms with Crippen LogP contribution in [0, 0.1) is 0 Å². The zero-order valence-corrected chi connectivity index (χ0v) is 11.6. The minimum atomic E-state index is -3.77. The van der Waals surface area contributed by atoms with Crippen LogP contribution in [0.2, 0.25) is 0 Å². The largest absolute Gasteiger partial charge is 0.481 e. The molecular weight excluding hydrogens is 286 g/mol. The Hall–Kier alpha value is -1.93. The first-order chi connectivity index (χ1) is 9.36. The fourth-order valence-electron chi connectivity index (χ4n) is 1.44. The number of ether oxygens (including phenoxy) is 1. The Morgan fingerprint density at radius 1 is 1.35 bits per heavy atom. The normalized spacial score (nSPS) is 11.1. The van der Waals surface area contributed by atoms with E-state index in [9.17, 15) is 18.0 Å². The van der Waals surface area contributed by atoms with Crippen LogP contribution in [0.1, 0.15) is 23.2 Å². The number of hydrogen-bond donors (Lipinski definition) is 2. The fourth-order valence-corrected chi connectivity index (χ4v) is 2.56. The quantitative estimate of drug-likeness (QED) is 0.564. The summed E-state index contributed by atoms with van der Waals surface area (Å²) in [6, 6.07) is 5.41. The summed E-state index contributed by atoms with van der Waals surface area (Å²) in [6.07, 6.45) is 0.0655. The highest BCUT2D eigenvalue weighted by molar-refractivity contribution is 7.89. The molecular formula is C12H15NO6S. The van der Waals surface area contributed by atoms with Crippen LogP contribution in [0.15, 0.2) is 29.2 Å². The standard InChI is InChI=1S/C12H15NO6S/c1-19-12(16)9-4-2-5-10(8-9)20(17,18)13-7-3-6-11(14)15/h2,4-5,8,13H,3,6-7H2,1H3,(H,14,15). The number of esters is 1. The summed E-state index contributed by atoms with van der Waals surface area (Å²) in [5.74, 6) is -1.62. The van der Waals surface area contributed by atoms with Crippen LogP contribution < -0.4 is 4.72 Å². The summed E-state index contributed by atoms with van der Waals surface area (Å²) >= 11 is 0. The summed E-state index contributed by atoms with van der Waals surface area (Å²) < 4.78 is 30.6. The van der Waals surface area contributed by atoms with Crippen molar-refractivity contribution >= 4 is 22.0 Å². The summed E-state index contributed by atoms with van der Waals surface area (Å²) in [6.45, 7) is 0.0110. The molecule has 8 heteroatoms. The number of aliphatic carboxylic acids is 1. The molecule has 0 aliphatic rings. The molecule has 0 heterocycles. The lowest BCUT2D eigenvalue weighted by Gasteiger charge is -2.07. The van der Waals surface area contributed by atoms with Crippen molar-refractivity contribution < 1.29 is 27.9 Å². The second kappa shape index (κ2) is 7.01. The first-order valence-corrected chi connectivity index (χ1v) is 7.25. The molecule has 2 N–H and O–H groups in total. The molecule has 0 saturated carbocycles. The minimum Gasteiger partial charge on any atom is -0.481 e. The minimum absolute atomic E-state index is 0.0110. The predicted octanol–water partition coefficient (Wildman–Crippen LogP) is 0.616. The van der Waals surface area contributed by atoms with Gasteiger partial charge in [0.05, 0.1) is 17.6 Å². The third-order valence-corrected chi connectivity index (χ3v) is 3.88. The van der Waals surface area contributed by atoms with Crippen LogP contribution in [-0.4, -0.2) is 39.1 Å². The average molecular weight is 301 g/mol. The van der Waals surface area contributed by atoms with Crippen molar-refractivity contribution in [3.63, 3.8) is 0 Å². The highest BCUT2D eigenvalue weighted by Crippen LogP contribution is 2.12. The molecule has 0 amide bonds. The Kier molecular flexibility index (Phi) is 5.66. The Morgan fingerprint density at radius 3 is 2.65 bits per heavy atom. The van der Waals surface area contributed by atoms with Gasteiger partial charge in [-0.15, -0.1) is 0 Å². The van der Waals surface area contributed by atoms with Gasteiger partial charge in [0.1, 0.15) is 0 Å². The molecule has 0 spiro atoms. The molecule has 0 aliphatic heterocycles. The number of benzene rings is 1. The number of carbonyl (C=O) groups excluding carboxylic acids is 1. The third kappa shape index (κ3) is 4.63. The maximum absolute atomic E-state index is 11.9. The second-order valence-corrected chi connectivity index (χ2v) is 5.68. The van der Waals surface area contributed by atoms with Gasteiger partial charge in [-0.1, -0.05) is 6.07 Å². The number of rotatable bonds is 7. The topological polar surface area (TPSA) is 110 Å². The van der Waals surface area contributed by atoms with E-state index in [1.54, 1.807) is 0 Å². The van der Waals surface area contributed by atoms with E-state index in [-0.39, 0.29) is 29.8 Å². The molecule has 0 atom stereocenters. The number of carboxylic acids is 1. The van der Waals surface area contributed by atoms with Crippen LogP contribution >= 0.6 is 0 Å². The van der Waals surface area contributed by atoms with Crippen LogP contribution in [0.3, 0.4) is 0 Å². The van der Waals surface area contributed by atoms with E-state index in [4.69, 9.17) is 5.11 Å². The third-order valence-electron chi connectivity index (χ3n) is 2.42. The smallest absolute Gasteiger partial charge is 0.337 e. The summed E-state index contributed by atoms with van der Waals surface area (Å²) in [5.41, 5.74) is 0.126. The SMILES string of the molecule is COC(=O)c1cccc(S(=O)(=O)NCCCC(=O)O)c1. The summed E-state index contributed by atoms with van der Waals surface area (Å²) in [7, 11) is -2.57. The van der Waals surface area contributed by atoms with E-state index in [1.807, 2.05) is 0 Å². The molecule has 20 heavy (non-hydrogen) atoms. The number of carbonyl (C=O) groups is 2. The van der Waals surface area contributed by atoms with Crippen molar-refractivity contribution in [1.82, 2.24) is 4.72 Å². The average Bonchev–Trinajstić information content (AvgIpc) is 2.42. The monoisotopic (exact) mass is 301 g/mol. The molecule has 0 radical (unpaired) electrons. The zero-order chi connectivity index (χ0) is 15.2. The number of carboxylic acid groups (broad SMARTS) is 1. The summed E-state index contributed by atoms with van der Waals surface area (Å²) in [4.78, 5) is 21.6. The van der Waals surface area contributed by atoms with E-state index in [1.165, 1.54) is 31.4 Å². The van der Waals surface area contributed by atoms with Crippen molar-refractivity contribution in [2.75, 3.05) is 13.7 Å². The van der Waals surface area contributed by atoms with Gasteiger partial charge in [0.15, 0.2) is 0 Å². The van der Waals surface area contributed by atoms with Crippen LogP contribution in [0.5, 0.6) is 0 Å². The van der Waals surface area contributed by atoms with Gasteiger partial charge in [-0.25, -0.2) is 17.9 Å². The van der Waals surface area contributed by atoms with Gasteiger partial charge in [-0.2, -0.15) is 0 Å². The number of hydrogen-bond acceptors (Lipinski definition) is 5.